The van der Waals surface area contributed by atoms with E-state index in [0.29, 0.717) is 0 Å². The van der Waals surface area contributed by atoms with E-state index < -0.39 is 6.10 Å². The van der Waals surface area contributed by atoms with E-state index in [1.165, 1.54) is 0 Å². The molecule has 0 fully saturated rings. The van der Waals surface area contributed by atoms with Gasteiger partial charge >= 0.3 is 0 Å². The van der Waals surface area contributed by atoms with Gasteiger partial charge in [0.05, 0.1) is 26.4 Å². The van der Waals surface area contributed by atoms with Crippen molar-refractivity contribution in [2.24, 2.45) is 0 Å². The van der Waals surface area contributed by atoms with E-state index in [4.69, 9.17) is 9.47 Å². The van der Waals surface area contributed by atoms with Gasteiger partial charge in [-0.3, -0.25) is 0 Å². The standard InChI is InChI=1S/C18H23NO3/c1-13(18(20)14-5-9-16(21-3)10-6-14)19(2)15-7-11-17(22-4)12-8-15/h5-13,18,20H,1-4H3/t13-,18-/m0/s1. The number of benzene rings is 2. The Kier molecular flexibility index (Phi) is 5.28. The molecule has 0 amide bonds. The second-order valence-electron chi connectivity index (χ2n) is 5.27. The summed E-state index contributed by atoms with van der Waals surface area (Å²) in [7, 11) is 5.25. The molecule has 0 aromatic heterocycles. The van der Waals surface area contributed by atoms with Gasteiger partial charge in [-0.2, -0.15) is 0 Å². The second kappa shape index (κ2) is 7.18. The summed E-state index contributed by atoms with van der Waals surface area (Å²) in [6.07, 6.45) is -0.585. The van der Waals surface area contributed by atoms with Gasteiger partial charge in [0, 0.05) is 12.7 Å². The molecule has 118 valence electrons. The van der Waals surface area contributed by atoms with E-state index in [0.717, 1.165) is 22.7 Å². The summed E-state index contributed by atoms with van der Waals surface area (Å²) < 4.78 is 10.3. The molecule has 22 heavy (non-hydrogen) atoms. The van der Waals surface area contributed by atoms with Gasteiger partial charge in [0.2, 0.25) is 0 Å². The third-order valence-electron chi connectivity index (χ3n) is 4.00. The number of methoxy groups -OCH3 is 2. The molecule has 0 saturated heterocycles. The first-order valence-corrected chi connectivity index (χ1v) is 7.25. The van der Waals surface area contributed by atoms with Crippen LogP contribution in [0.25, 0.3) is 0 Å². The topological polar surface area (TPSA) is 41.9 Å². The largest absolute Gasteiger partial charge is 0.497 e. The van der Waals surface area contributed by atoms with E-state index in [1.54, 1.807) is 14.2 Å². The minimum atomic E-state index is -0.585. The maximum absolute atomic E-state index is 10.6. The summed E-state index contributed by atoms with van der Waals surface area (Å²) in [6.45, 7) is 2.00. The summed E-state index contributed by atoms with van der Waals surface area (Å²) in [5.74, 6) is 1.60. The molecule has 1 N–H and O–H groups in total. The summed E-state index contributed by atoms with van der Waals surface area (Å²) in [5, 5.41) is 10.6. The zero-order chi connectivity index (χ0) is 16.1. The van der Waals surface area contributed by atoms with Gasteiger partial charge < -0.3 is 19.5 Å². The first kappa shape index (κ1) is 16.2. The van der Waals surface area contributed by atoms with Crippen LogP contribution in [-0.4, -0.2) is 32.4 Å². The number of likely N-dealkylation sites (N-methyl/N-ethyl adjacent to an activating group) is 1. The SMILES string of the molecule is COc1ccc([C@@H](O)[C@H](C)N(C)c2ccc(OC)cc2)cc1. The van der Waals surface area contributed by atoms with Crippen LogP contribution in [0.5, 0.6) is 11.5 Å². The molecule has 0 aliphatic carbocycles. The lowest BCUT2D eigenvalue weighted by molar-refractivity contribution is 0.151. The van der Waals surface area contributed by atoms with Crippen LogP contribution in [0, 0.1) is 0 Å². The highest BCUT2D eigenvalue weighted by molar-refractivity contribution is 5.49. The Hall–Kier alpha value is -2.20. The fraction of sp³-hybridized carbons (Fsp3) is 0.333. The summed E-state index contributed by atoms with van der Waals surface area (Å²) in [4.78, 5) is 2.05. The fourth-order valence-electron chi connectivity index (χ4n) is 2.34. The molecule has 0 saturated carbocycles. The van der Waals surface area contributed by atoms with Crippen LogP contribution in [0.15, 0.2) is 48.5 Å². The number of nitrogens with zero attached hydrogens (tertiary/aromatic N) is 1. The van der Waals surface area contributed by atoms with Crippen molar-refractivity contribution < 1.29 is 14.6 Å². The lowest BCUT2D eigenvalue weighted by Gasteiger charge is -2.31. The molecule has 2 aromatic rings. The van der Waals surface area contributed by atoms with E-state index in [2.05, 4.69) is 0 Å². The van der Waals surface area contributed by atoms with Gasteiger partial charge in [-0.1, -0.05) is 12.1 Å². The first-order valence-electron chi connectivity index (χ1n) is 7.25. The normalized spacial score (nSPS) is 13.3. The maximum atomic E-state index is 10.6. The molecular weight excluding hydrogens is 278 g/mol. The fourth-order valence-corrected chi connectivity index (χ4v) is 2.34. The van der Waals surface area contributed by atoms with Gasteiger partial charge in [0.15, 0.2) is 0 Å². The molecule has 4 nitrogen and oxygen atoms in total. The molecule has 0 spiro atoms. The van der Waals surface area contributed by atoms with Crippen molar-refractivity contribution >= 4 is 5.69 Å². The molecule has 2 atom stereocenters. The Balaban J connectivity index is 2.11. The highest BCUT2D eigenvalue weighted by Gasteiger charge is 2.21. The lowest BCUT2D eigenvalue weighted by Crippen LogP contribution is -2.34. The first-order chi connectivity index (χ1) is 10.6. The molecule has 0 unspecified atom stereocenters. The minimum Gasteiger partial charge on any atom is -0.497 e. The number of aliphatic hydroxyl groups is 1. The van der Waals surface area contributed by atoms with Gasteiger partial charge in [-0.05, 0) is 48.9 Å². The highest BCUT2D eigenvalue weighted by atomic mass is 16.5. The van der Waals surface area contributed by atoms with E-state index >= 15 is 0 Å². The smallest absolute Gasteiger partial charge is 0.119 e. The van der Waals surface area contributed by atoms with Crippen molar-refractivity contribution in [1.29, 1.82) is 0 Å². The molecule has 0 aliphatic heterocycles. The van der Waals surface area contributed by atoms with Crippen LogP contribution in [0.4, 0.5) is 5.69 Å². The number of anilines is 1. The molecule has 0 aliphatic rings. The molecular formula is C18H23NO3. The molecule has 0 bridgehead atoms. The third-order valence-corrected chi connectivity index (χ3v) is 4.00. The summed E-state index contributed by atoms with van der Waals surface area (Å²) in [5.41, 5.74) is 1.90. The van der Waals surface area contributed by atoms with Crippen molar-refractivity contribution in [2.75, 3.05) is 26.2 Å². The average Bonchev–Trinajstić information content (AvgIpc) is 2.60. The van der Waals surface area contributed by atoms with Crippen molar-refractivity contribution in [3.05, 3.63) is 54.1 Å². The quantitative estimate of drug-likeness (QED) is 0.889. The lowest BCUT2D eigenvalue weighted by atomic mass is 10.0. The molecule has 0 heterocycles. The zero-order valence-electron chi connectivity index (χ0n) is 13.5. The molecule has 4 heteroatoms. The van der Waals surface area contributed by atoms with Crippen LogP contribution in [0.3, 0.4) is 0 Å². The van der Waals surface area contributed by atoms with Crippen LogP contribution in [0.1, 0.15) is 18.6 Å². The van der Waals surface area contributed by atoms with E-state index in [9.17, 15) is 5.11 Å². The predicted molar refractivity (Wildman–Crippen MR) is 88.8 cm³/mol. The van der Waals surface area contributed by atoms with Crippen LogP contribution in [0.2, 0.25) is 0 Å². The summed E-state index contributed by atoms with van der Waals surface area (Å²) in [6, 6.07) is 15.2. The number of hydrogen-bond donors (Lipinski definition) is 1. The monoisotopic (exact) mass is 301 g/mol. The van der Waals surface area contributed by atoms with Crippen LogP contribution in [-0.2, 0) is 0 Å². The predicted octanol–water partition coefficient (Wildman–Crippen LogP) is 3.26. The Bertz CT molecular complexity index is 527. The number of hydrogen-bond acceptors (Lipinski definition) is 4. The van der Waals surface area contributed by atoms with Crippen LogP contribution >= 0.6 is 0 Å². The molecule has 2 rings (SSSR count). The molecule has 2 aromatic carbocycles. The van der Waals surface area contributed by atoms with E-state index in [1.807, 2.05) is 67.4 Å². The number of aliphatic hydroxyl groups excluding tert-OH is 1. The van der Waals surface area contributed by atoms with Crippen molar-refractivity contribution in [3.8, 4) is 11.5 Å². The third kappa shape index (κ3) is 3.52. The number of rotatable bonds is 6. The Labute approximate surface area is 131 Å². The van der Waals surface area contributed by atoms with Crippen molar-refractivity contribution in [1.82, 2.24) is 0 Å². The van der Waals surface area contributed by atoms with Gasteiger partial charge in [-0.25, -0.2) is 0 Å². The maximum Gasteiger partial charge on any atom is 0.119 e. The number of ether oxygens (including phenoxy) is 2. The summed E-state index contributed by atoms with van der Waals surface area (Å²) >= 11 is 0. The second-order valence-corrected chi connectivity index (χ2v) is 5.27. The van der Waals surface area contributed by atoms with Crippen molar-refractivity contribution in [2.45, 2.75) is 19.1 Å². The van der Waals surface area contributed by atoms with Gasteiger partial charge in [-0.15, -0.1) is 0 Å². The zero-order valence-corrected chi connectivity index (χ0v) is 13.5. The average molecular weight is 301 g/mol. The Morgan fingerprint density at radius 1 is 0.864 bits per heavy atom. The van der Waals surface area contributed by atoms with Crippen LogP contribution < -0.4 is 14.4 Å². The highest BCUT2D eigenvalue weighted by Crippen LogP contribution is 2.27. The Morgan fingerprint density at radius 2 is 1.32 bits per heavy atom. The molecule has 0 radical (unpaired) electrons. The van der Waals surface area contributed by atoms with Gasteiger partial charge in [0.1, 0.15) is 11.5 Å². The van der Waals surface area contributed by atoms with E-state index in [-0.39, 0.29) is 6.04 Å². The minimum absolute atomic E-state index is 0.0678. The Morgan fingerprint density at radius 3 is 1.77 bits per heavy atom. The van der Waals surface area contributed by atoms with Gasteiger partial charge in [0.25, 0.3) is 0 Å². The van der Waals surface area contributed by atoms with Crippen molar-refractivity contribution in [3.63, 3.8) is 0 Å².